The number of hydrogen-bond acceptors (Lipinski definition) is 1. The first-order valence-electron chi connectivity index (χ1n) is 6.66. The topological polar surface area (TPSA) is 12.0 Å². The summed E-state index contributed by atoms with van der Waals surface area (Å²) in [5.41, 5.74) is 0.781. The number of hydrogen-bond donors (Lipinski definition) is 1. The van der Waals surface area contributed by atoms with Gasteiger partial charge in [-0.15, -0.1) is 0 Å². The highest BCUT2D eigenvalue weighted by Crippen LogP contribution is 2.31. The lowest BCUT2D eigenvalue weighted by atomic mass is 9.97. The zero-order valence-corrected chi connectivity index (χ0v) is 13.8. The van der Waals surface area contributed by atoms with E-state index in [-0.39, 0.29) is 10.0 Å². The molecule has 1 unspecified atom stereocenters. The van der Waals surface area contributed by atoms with Crippen LogP contribution in [-0.2, 0) is 0 Å². The van der Waals surface area contributed by atoms with Gasteiger partial charge in [0.2, 0.25) is 0 Å². The molecule has 2 aromatic carbocycles. The van der Waals surface area contributed by atoms with Crippen molar-refractivity contribution in [3.63, 3.8) is 0 Å². The lowest BCUT2D eigenvalue weighted by Gasteiger charge is -2.21. The molecule has 0 heterocycles. The summed E-state index contributed by atoms with van der Waals surface area (Å²) >= 11 is 8.99. The molecule has 0 amide bonds. The number of nitrogens with one attached hydrogen (secondary N) is 1. The van der Waals surface area contributed by atoms with Crippen LogP contribution >= 0.6 is 27.5 Å². The summed E-state index contributed by atoms with van der Waals surface area (Å²) in [4.78, 5) is 0. The van der Waals surface area contributed by atoms with Gasteiger partial charge in [0.1, 0.15) is 11.6 Å². The van der Waals surface area contributed by atoms with E-state index in [1.807, 2.05) is 6.92 Å². The second-order valence-electron chi connectivity index (χ2n) is 4.70. The molecule has 5 heteroatoms. The lowest BCUT2D eigenvalue weighted by molar-refractivity contribution is 0.500. The van der Waals surface area contributed by atoms with Crippen LogP contribution in [0.1, 0.15) is 30.5 Å². The largest absolute Gasteiger partial charge is 0.306 e. The van der Waals surface area contributed by atoms with Gasteiger partial charge in [0.05, 0.1) is 10.5 Å². The van der Waals surface area contributed by atoms with Gasteiger partial charge in [-0.1, -0.05) is 30.7 Å². The Morgan fingerprint density at radius 3 is 2.43 bits per heavy atom. The second kappa shape index (κ2) is 7.34. The third-order valence-corrected chi connectivity index (χ3v) is 4.03. The third-order valence-electron chi connectivity index (χ3n) is 3.17. The van der Waals surface area contributed by atoms with Gasteiger partial charge in [-0.25, -0.2) is 8.78 Å². The first-order chi connectivity index (χ1) is 10.0. The molecule has 0 aliphatic heterocycles. The van der Waals surface area contributed by atoms with Crippen LogP contribution in [0.5, 0.6) is 0 Å². The molecule has 1 N–H and O–H groups in total. The Balaban J connectivity index is 2.50. The molecular formula is C16H15BrClF2N. The van der Waals surface area contributed by atoms with Crippen LogP contribution in [0.15, 0.2) is 40.9 Å². The Hall–Kier alpha value is -0.970. The Morgan fingerprint density at radius 2 is 1.81 bits per heavy atom. The van der Waals surface area contributed by atoms with Crippen LogP contribution in [-0.4, -0.2) is 6.54 Å². The van der Waals surface area contributed by atoms with Crippen molar-refractivity contribution in [1.82, 2.24) is 5.32 Å². The molecule has 2 rings (SSSR count). The van der Waals surface area contributed by atoms with Gasteiger partial charge in [0.15, 0.2) is 0 Å². The quantitative estimate of drug-likeness (QED) is 0.684. The average Bonchev–Trinajstić information content (AvgIpc) is 2.48. The molecule has 0 fully saturated rings. The van der Waals surface area contributed by atoms with Crippen LogP contribution in [0.25, 0.3) is 0 Å². The second-order valence-corrected chi connectivity index (χ2v) is 5.99. The van der Waals surface area contributed by atoms with Gasteiger partial charge < -0.3 is 5.32 Å². The molecule has 2 aromatic rings. The summed E-state index contributed by atoms with van der Waals surface area (Å²) in [6.07, 6.45) is 0.862. The predicted octanol–water partition coefficient (Wildman–Crippen LogP) is 5.47. The number of halogens is 4. The average molecular weight is 375 g/mol. The first kappa shape index (κ1) is 16.4. The van der Waals surface area contributed by atoms with Crippen LogP contribution in [0.3, 0.4) is 0 Å². The minimum Gasteiger partial charge on any atom is -0.306 e. The standard InChI is InChI=1S/C16H15BrClF2N/c1-2-9-21-16(10-3-5-11(18)6-4-10)14-13(19)8-7-12(17)15(14)20/h3-8,16,21H,2,9H2,1H3. The molecule has 0 aliphatic carbocycles. The maximum Gasteiger partial charge on any atom is 0.145 e. The minimum absolute atomic E-state index is 0.0140. The fourth-order valence-electron chi connectivity index (χ4n) is 2.14. The molecule has 0 aromatic heterocycles. The summed E-state index contributed by atoms with van der Waals surface area (Å²) in [5.74, 6) is -1.15. The van der Waals surface area contributed by atoms with E-state index in [4.69, 9.17) is 11.6 Å². The van der Waals surface area contributed by atoms with Crippen LogP contribution in [0.4, 0.5) is 8.78 Å². The molecule has 0 spiro atoms. The van der Waals surface area contributed by atoms with Crippen LogP contribution < -0.4 is 5.32 Å². The lowest BCUT2D eigenvalue weighted by Crippen LogP contribution is -2.25. The van der Waals surface area contributed by atoms with E-state index in [0.717, 1.165) is 12.0 Å². The molecule has 112 valence electrons. The van der Waals surface area contributed by atoms with E-state index in [1.165, 1.54) is 12.1 Å². The van der Waals surface area contributed by atoms with Gasteiger partial charge >= 0.3 is 0 Å². The fourth-order valence-corrected chi connectivity index (χ4v) is 2.61. The molecule has 0 aliphatic rings. The van der Waals surface area contributed by atoms with Crippen molar-refractivity contribution in [2.45, 2.75) is 19.4 Å². The summed E-state index contributed by atoms with van der Waals surface area (Å²) in [6.45, 7) is 2.65. The molecule has 1 nitrogen and oxygen atoms in total. The Morgan fingerprint density at radius 1 is 1.14 bits per heavy atom. The van der Waals surface area contributed by atoms with Crippen molar-refractivity contribution in [1.29, 1.82) is 0 Å². The Kier molecular flexibility index (Phi) is 5.73. The van der Waals surface area contributed by atoms with Gasteiger partial charge in [-0.05, 0) is 58.7 Å². The van der Waals surface area contributed by atoms with Gasteiger partial charge in [-0.2, -0.15) is 0 Å². The fraction of sp³-hybridized carbons (Fsp3) is 0.250. The zero-order valence-electron chi connectivity index (χ0n) is 11.5. The third kappa shape index (κ3) is 3.82. The normalized spacial score (nSPS) is 12.4. The van der Waals surface area contributed by atoms with Crippen molar-refractivity contribution in [2.75, 3.05) is 6.54 Å². The highest BCUT2D eigenvalue weighted by molar-refractivity contribution is 9.10. The van der Waals surface area contributed by atoms with Crippen molar-refractivity contribution in [2.24, 2.45) is 0 Å². The van der Waals surface area contributed by atoms with E-state index in [2.05, 4.69) is 21.2 Å². The van der Waals surface area contributed by atoms with Crippen molar-refractivity contribution < 1.29 is 8.78 Å². The molecule has 21 heavy (non-hydrogen) atoms. The summed E-state index contributed by atoms with van der Waals surface area (Å²) in [6, 6.07) is 9.05. The summed E-state index contributed by atoms with van der Waals surface area (Å²) in [7, 11) is 0. The molecule has 0 radical (unpaired) electrons. The molecule has 1 atom stereocenters. The summed E-state index contributed by atoms with van der Waals surface area (Å²) < 4.78 is 28.7. The van der Waals surface area contributed by atoms with Gasteiger partial charge in [0.25, 0.3) is 0 Å². The molecule has 0 bridgehead atoms. The highest BCUT2D eigenvalue weighted by atomic mass is 79.9. The Bertz CT molecular complexity index is 616. The van der Waals surface area contributed by atoms with Crippen molar-refractivity contribution in [3.05, 3.63) is 68.7 Å². The highest BCUT2D eigenvalue weighted by Gasteiger charge is 2.23. The van der Waals surface area contributed by atoms with Crippen molar-refractivity contribution >= 4 is 27.5 Å². The zero-order chi connectivity index (χ0) is 15.4. The smallest absolute Gasteiger partial charge is 0.145 e. The molecule has 0 saturated carbocycles. The van der Waals surface area contributed by atoms with Crippen LogP contribution in [0, 0.1) is 11.6 Å². The predicted molar refractivity (Wildman–Crippen MR) is 85.6 cm³/mol. The van der Waals surface area contributed by atoms with Gasteiger partial charge in [-0.3, -0.25) is 0 Å². The number of benzene rings is 2. The van der Waals surface area contributed by atoms with E-state index >= 15 is 0 Å². The monoisotopic (exact) mass is 373 g/mol. The van der Waals surface area contributed by atoms with E-state index in [9.17, 15) is 8.78 Å². The SMILES string of the molecule is CCCNC(c1ccc(Cl)cc1)c1c(F)ccc(Br)c1F. The maximum absolute atomic E-state index is 14.4. The van der Waals surface area contributed by atoms with Gasteiger partial charge in [0, 0.05) is 10.6 Å². The van der Waals surface area contributed by atoms with E-state index in [0.29, 0.717) is 11.6 Å². The molecular weight excluding hydrogens is 360 g/mol. The van der Waals surface area contributed by atoms with E-state index in [1.54, 1.807) is 24.3 Å². The summed E-state index contributed by atoms with van der Waals surface area (Å²) in [5, 5.41) is 3.77. The van der Waals surface area contributed by atoms with Crippen molar-refractivity contribution in [3.8, 4) is 0 Å². The van der Waals surface area contributed by atoms with E-state index < -0.39 is 17.7 Å². The minimum atomic E-state index is -0.585. The number of rotatable bonds is 5. The first-order valence-corrected chi connectivity index (χ1v) is 7.84. The van der Waals surface area contributed by atoms with Crippen LogP contribution in [0.2, 0.25) is 5.02 Å². The maximum atomic E-state index is 14.4. The molecule has 0 saturated heterocycles. The Labute approximate surface area is 136 Å².